The molecule has 0 spiro atoms. The Morgan fingerprint density at radius 2 is 1.62 bits per heavy atom. The summed E-state index contributed by atoms with van der Waals surface area (Å²) in [5.41, 5.74) is 5.17. The smallest absolute Gasteiger partial charge is 0.377 e. The fourth-order valence-electron chi connectivity index (χ4n) is 0.172. The van der Waals surface area contributed by atoms with Crippen LogP contribution in [0.25, 0.3) is 0 Å². The summed E-state index contributed by atoms with van der Waals surface area (Å²) in [5.74, 6) is 0. The Morgan fingerprint density at radius 3 is 1.88 bits per heavy atom. The molecule has 0 amide bonds. The van der Waals surface area contributed by atoms with Crippen molar-refractivity contribution in [2.45, 2.75) is 0 Å². The molecule has 0 radical (unpaired) electrons. The summed E-state index contributed by atoms with van der Waals surface area (Å²) in [6.45, 7) is 6.57. The Labute approximate surface area is 49.8 Å². The minimum absolute atomic E-state index is 1.23. The molecule has 0 aromatic rings. The quantitative estimate of drug-likeness (QED) is 0.466. The SMILES string of the molecule is C=COP(N)OC=C. The minimum atomic E-state index is -1.32. The first-order valence-corrected chi connectivity index (χ1v) is 3.16. The molecule has 0 atom stereocenters. The molecule has 0 heterocycles. The maximum absolute atomic E-state index is 5.17. The Morgan fingerprint density at radius 1 is 1.25 bits per heavy atom. The Bertz CT molecular complexity index is 76.1. The fourth-order valence-corrected chi connectivity index (χ4v) is 0.515. The van der Waals surface area contributed by atoms with Crippen molar-refractivity contribution in [2.24, 2.45) is 5.50 Å². The molecule has 0 aromatic carbocycles. The van der Waals surface area contributed by atoms with Gasteiger partial charge in [0.05, 0.1) is 12.5 Å². The van der Waals surface area contributed by atoms with Gasteiger partial charge in [-0.2, -0.15) is 0 Å². The van der Waals surface area contributed by atoms with E-state index in [1.807, 2.05) is 0 Å². The van der Waals surface area contributed by atoms with E-state index in [-0.39, 0.29) is 0 Å². The third kappa shape index (κ3) is 3.65. The molecule has 2 N–H and O–H groups in total. The molecular weight excluding hydrogens is 125 g/mol. The van der Waals surface area contributed by atoms with Crippen LogP contribution >= 0.6 is 8.53 Å². The van der Waals surface area contributed by atoms with Crippen LogP contribution in [0.3, 0.4) is 0 Å². The van der Waals surface area contributed by atoms with E-state index in [0.29, 0.717) is 0 Å². The fraction of sp³-hybridized carbons (Fsp3) is 0. The number of rotatable bonds is 4. The summed E-state index contributed by atoms with van der Waals surface area (Å²) in [6, 6.07) is 0. The van der Waals surface area contributed by atoms with Crippen LogP contribution < -0.4 is 5.50 Å². The molecule has 0 aliphatic rings. The van der Waals surface area contributed by atoms with Crippen LogP contribution in [0.2, 0.25) is 0 Å². The first-order chi connectivity index (χ1) is 3.81. The van der Waals surface area contributed by atoms with Gasteiger partial charge in [0.1, 0.15) is 0 Å². The normalized spacial score (nSPS) is 8.25. The van der Waals surface area contributed by atoms with Crippen molar-refractivity contribution in [3.63, 3.8) is 0 Å². The van der Waals surface area contributed by atoms with Crippen molar-refractivity contribution in [2.75, 3.05) is 0 Å². The molecule has 0 aliphatic heterocycles. The van der Waals surface area contributed by atoms with E-state index in [4.69, 9.17) is 5.50 Å². The molecule has 0 bridgehead atoms. The van der Waals surface area contributed by atoms with E-state index in [0.717, 1.165) is 0 Å². The van der Waals surface area contributed by atoms with Crippen LogP contribution in [0.5, 0.6) is 0 Å². The monoisotopic (exact) mass is 133 g/mol. The molecule has 3 nitrogen and oxygen atoms in total. The number of nitrogens with two attached hydrogens (primary N) is 1. The summed E-state index contributed by atoms with van der Waals surface area (Å²) in [6.07, 6.45) is 2.46. The van der Waals surface area contributed by atoms with Crippen LogP contribution in [0.1, 0.15) is 0 Å². The predicted octanol–water partition coefficient (Wildman–Crippen LogP) is 1.49. The van der Waals surface area contributed by atoms with Crippen molar-refractivity contribution in [3.05, 3.63) is 25.7 Å². The predicted molar refractivity (Wildman–Crippen MR) is 33.7 cm³/mol. The molecule has 0 rings (SSSR count). The summed E-state index contributed by atoms with van der Waals surface area (Å²) in [5, 5.41) is 0. The molecule has 0 aromatic heterocycles. The van der Waals surface area contributed by atoms with E-state index in [1.165, 1.54) is 12.5 Å². The van der Waals surface area contributed by atoms with E-state index in [1.54, 1.807) is 0 Å². The van der Waals surface area contributed by atoms with Crippen molar-refractivity contribution < 1.29 is 9.05 Å². The first kappa shape index (κ1) is 7.47. The third-order valence-corrected chi connectivity index (χ3v) is 1.07. The van der Waals surface area contributed by atoms with Crippen molar-refractivity contribution >= 4 is 8.53 Å². The highest BCUT2D eigenvalue weighted by molar-refractivity contribution is 7.44. The molecule has 0 saturated carbocycles. The molecular formula is C4H8NO2P. The van der Waals surface area contributed by atoms with Crippen LogP contribution in [0.15, 0.2) is 25.7 Å². The topological polar surface area (TPSA) is 44.5 Å². The average Bonchev–Trinajstić information content (AvgIpc) is 1.68. The molecule has 8 heavy (non-hydrogen) atoms. The molecule has 46 valence electrons. The lowest BCUT2D eigenvalue weighted by molar-refractivity contribution is 0.411. The molecule has 0 saturated heterocycles. The van der Waals surface area contributed by atoms with Gasteiger partial charge < -0.3 is 9.05 Å². The van der Waals surface area contributed by atoms with Gasteiger partial charge in [-0.1, -0.05) is 13.2 Å². The maximum atomic E-state index is 5.17. The van der Waals surface area contributed by atoms with Crippen LogP contribution in [-0.4, -0.2) is 0 Å². The van der Waals surface area contributed by atoms with Crippen molar-refractivity contribution in [3.8, 4) is 0 Å². The van der Waals surface area contributed by atoms with Gasteiger partial charge in [-0.25, -0.2) is 5.50 Å². The Balaban J connectivity index is 3.16. The van der Waals surface area contributed by atoms with Gasteiger partial charge in [0.25, 0.3) is 0 Å². The summed E-state index contributed by atoms with van der Waals surface area (Å²) < 4.78 is 9.19. The molecule has 0 fully saturated rings. The summed E-state index contributed by atoms with van der Waals surface area (Å²) in [7, 11) is -1.32. The van der Waals surface area contributed by atoms with Crippen LogP contribution in [0.4, 0.5) is 0 Å². The second kappa shape index (κ2) is 4.62. The standard InChI is InChI=1S/C4H8NO2P/c1-3-6-8(5)7-4-2/h3-4H,1-2,5H2. The van der Waals surface area contributed by atoms with Gasteiger partial charge in [0.2, 0.25) is 0 Å². The zero-order valence-corrected chi connectivity index (χ0v) is 5.30. The van der Waals surface area contributed by atoms with Crippen LogP contribution in [-0.2, 0) is 9.05 Å². The lowest BCUT2D eigenvalue weighted by Gasteiger charge is -2.04. The van der Waals surface area contributed by atoms with Gasteiger partial charge >= 0.3 is 8.53 Å². The Hall–Kier alpha value is -0.530. The van der Waals surface area contributed by atoms with Gasteiger partial charge in [0.15, 0.2) is 0 Å². The molecule has 4 heteroatoms. The van der Waals surface area contributed by atoms with Gasteiger partial charge in [0, 0.05) is 0 Å². The van der Waals surface area contributed by atoms with E-state index >= 15 is 0 Å². The van der Waals surface area contributed by atoms with Crippen molar-refractivity contribution in [1.82, 2.24) is 0 Å². The summed E-state index contributed by atoms with van der Waals surface area (Å²) >= 11 is 0. The molecule has 0 unspecified atom stereocenters. The zero-order chi connectivity index (χ0) is 6.41. The largest absolute Gasteiger partial charge is 0.436 e. The minimum Gasteiger partial charge on any atom is -0.436 e. The lowest BCUT2D eigenvalue weighted by atomic mass is 11.2. The highest BCUT2D eigenvalue weighted by Crippen LogP contribution is 2.27. The zero-order valence-electron chi connectivity index (χ0n) is 4.41. The average molecular weight is 133 g/mol. The van der Waals surface area contributed by atoms with E-state index in [9.17, 15) is 0 Å². The number of hydrogen-bond donors (Lipinski definition) is 1. The highest BCUT2D eigenvalue weighted by Gasteiger charge is 1.96. The second-order valence-corrected chi connectivity index (χ2v) is 1.82. The van der Waals surface area contributed by atoms with Crippen molar-refractivity contribution in [1.29, 1.82) is 0 Å². The first-order valence-electron chi connectivity index (χ1n) is 1.91. The van der Waals surface area contributed by atoms with Crippen LogP contribution in [0, 0.1) is 0 Å². The van der Waals surface area contributed by atoms with Gasteiger partial charge in [-0.05, 0) is 0 Å². The van der Waals surface area contributed by atoms with E-state index in [2.05, 4.69) is 22.2 Å². The maximum Gasteiger partial charge on any atom is 0.377 e. The second-order valence-electron chi connectivity index (χ2n) is 0.830. The Kier molecular flexibility index (Phi) is 4.32. The van der Waals surface area contributed by atoms with Gasteiger partial charge in [-0.15, -0.1) is 0 Å². The van der Waals surface area contributed by atoms with Gasteiger partial charge in [-0.3, -0.25) is 0 Å². The molecule has 0 aliphatic carbocycles. The summed E-state index contributed by atoms with van der Waals surface area (Å²) in [4.78, 5) is 0. The number of hydrogen-bond acceptors (Lipinski definition) is 3. The highest BCUT2D eigenvalue weighted by atomic mass is 31.2. The lowest BCUT2D eigenvalue weighted by Crippen LogP contribution is -1.88. The van der Waals surface area contributed by atoms with E-state index < -0.39 is 8.53 Å². The third-order valence-electron chi connectivity index (χ3n) is 0.357.